The van der Waals surface area contributed by atoms with Crippen LogP contribution in [0.2, 0.25) is 0 Å². The molecule has 0 spiro atoms. The molecule has 0 aliphatic heterocycles. The van der Waals surface area contributed by atoms with Crippen molar-refractivity contribution in [1.29, 1.82) is 0 Å². The van der Waals surface area contributed by atoms with Gasteiger partial charge in [0.1, 0.15) is 0 Å². The molecule has 246 valence electrons. The van der Waals surface area contributed by atoms with Gasteiger partial charge in [-0.2, -0.15) is 0 Å². The highest BCUT2D eigenvalue weighted by atomic mass is 16.6. The smallest absolute Gasteiger partial charge is 0.306 e. The number of rotatable bonds is 32. The van der Waals surface area contributed by atoms with E-state index in [0.717, 1.165) is 57.8 Å². The molecule has 2 unspecified atom stereocenters. The van der Waals surface area contributed by atoms with Crippen molar-refractivity contribution < 1.29 is 24.5 Å². The van der Waals surface area contributed by atoms with E-state index in [0.29, 0.717) is 6.42 Å². The van der Waals surface area contributed by atoms with Crippen LogP contribution in [0.4, 0.5) is 0 Å². The van der Waals surface area contributed by atoms with Crippen LogP contribution in [0.1, 0.15) is 181 Å². The highest BCUT2D eigenvalue weighted by molar-refractivity contribution is 5.83. The molecule has 0 aromatic carbocycles. The Labute approximate surface area is 260 Å². The van der Waals surface area contributed by atoms with Crippen molar-refractivity contribution in [3.8, 4) is 0 Å². The molecular formula is C37H68O5. The minimum atomic E-state index is -1.45. The first-order valence-electron chi connectivity index (χ1n) is 17.9. The molecule has 42 heavy (non-hydrogen) atoms. The van der Waals surface area contributed by atoms with Gasteiger partial charge < -0.3 is 14.9 Å². The molecule has 5 nitrogen and oxygen atoms in total. The van der Waals surface area contributed by atoms with Gasteiger partial charge in [-0.1, -0.05) is 147 Å². The number of ketones is 1. The number of ether oxygens (including phenoxy) is 1. The molecule has 0 radical (unpaired) electrons. The van der Waals surface area contributed by atoms with Crippen molar-refractivity contribution in [2.45, 2.75) is 193 Å². The first-order valence-corrected chi connectivity index (χ1v) is 17.9. The fraction of sp³-hybridized carbons (Fsp3) is 0.838. The molecule has 2 N–H and O–H groups in total. The zero-order valence-electron chi connectivity index (χ0n) is 27.7. The Kier molecular flexibility index (Phi) is 31.3. The lowest BCUT2D eigenvalue weighted by atomic mass is 10.0. The van der Waals surface area contributed by atoms with Gasteiger partial charge in [-0.3, -0.25) is 9.59 Å². The van der Waals surface area contributed by atoms with E-state index < -0.39 is 24.8 Å². The van der Waals surface area contributed by atoms with Gasteiger partial charge in [0, 0.05) is 12.8 Å². The summed E-state index contributed by atoms with van der Waals surface area (Å²) in [4.78, 5) is 24.6. The van der Waals surface area contributed by atoms with E-state index in [1.807, 2.05) is 0 Å². The third-order valence-electron chi connectivity index (χ3n) is 8.00. The molecule has 0 amide bonds. The normalized spacial score (nSPS) is 13.2. The van der Waals surface area contributed by atoms with Crippen LogP contribution in [0.3, 0.4) is 0 Å². The standard InChI is InChI=1S/C37H68O5/c1-3-5-7-9-11-13-15-17-18-20-21-23-25-27-29-31-34(39)37(41)35(33-38)42-36(40)32-30-28-26-24-22-19-16-14-12-10-8-6-4-2/h11,13,17-18,35,37-38,41H,3-10,12,14-16,19-33H2,1-2H3/b13-11-,18-17-. The zero-order valence-corrected chi connectivity index (χ0v) is 27.7. The SMILES string of the molecule is CCCCC/C=C\C/C=C\CCCCCCCC(=O)C(O)C(CO)OC(=O)CCCCCCCCCCCCCCC. The maximum atomic E-state index is 12.4. The third-order valence-corrected chi connectivity index (χ3v) is 8.00. The second kappa shape index (κ2) is 32.5. The molecule has 0 aromatic rings. The monoisotopic (exact) mass is 593 g/mol. The van der Waals surface area contributed by atoms with Crippen molar-refractivity contribution in [2.75, 3.05) is 6.61 Å². The van der Waals surface area contributed by atoms with E-state index in [-0.39, 0.29) is 18.6 Å². The summed E-state index contributed by atoms with van der Waals surface area (Å²) in [5, 5.41) is 19.9. The van der Waals surface area contributed by atoms with Crippen LogP contribution in [-0.2, 0) is 14.3 Å². The Morgan fingerprint density at radius 3 is 1.48 bits per heavy atom. The molecule has 0 aliphatic carbocycles. The predicted octanol–water partition coefficient (Wildman–Crippen LogP) is 10.1. The molecule has 0 aliphatic rings. The Balaban J connectivity index is 3.74. The van der Waals surface area contributed by atoms with Crippen molar-refractivity contribution >= 4 is 11.8 Å². The summed E-state index contributed by atoms with van der Waals surface area (Å²) < 4.78 is 5.25. The summed E-state index contributed by atoms with van der Waals surface area (Å²) in [6, 6.07) is 0. The zero-order chi connectivity index (χ0) is 30.9. The maximum absolute atomic E-state index is 12.4. The Hall–Kier alpha value is -1.46. The minimum absolute atomic E-state index is 0.249. The number of hydrogen-bond donors (Lipinski definition) is 2. The van der Waals surface area contributed by atoms with E-state index in [1.54, 1.807) is 0 Å². The summed E-state index contributed by atoms with van der Waals surface area (Å²) in [5.41, 5.74) is 0. The Bertz CT molecular complexity index is 657. The molecule has 0 heterocycles. The summed E-state index contributed by atoms with van der Waals surface area (Å²) in [7, 11) is 0. The van der Waals surface area contributed by atoms with E-state index in [2.05, 4.69) is 38.2 Å². The Morgan fingerprint density at radius 2 is 0.976 bits per heavy atom. The fourth-order valence-electron chi connectivity index (χ4n) is 5.18. The topological polar surface area (TPSA) is 83.8 Å². The number of unbranched alkanes of at least 4 members (excludes halogenated alkanes) is 20. The number of carbonyl (C=O) groups excluding carboxylic acids is 2. The quantitative estimate of drug-likeness (QED) is 0.0461. The molecular weight excluding hydrogens is 524 g/mol. The van der Waals surface area contributed by atoms with Gasteiger partial charge in [0.25, 0.3) is 0 Å². The second-order valence-corrected chi connectivity index (χ2v) is 12.1. The first kappa shape index (κ1) is 40.5. The molecule has 0 saturated carbocycles. The lowest BCUT2D eigenvalue weighted by Gasteiger charge is -2.20. The summed E-state index contributed by atoms with van der Waals surface area (Å²) >= 11 is 0. The van der Waals surface area contributed by atoms with Crippen LogP contribution in [-0.4, -0.2) is 40.8 Å². The minimum Gasteiger partial charge on any atom is -0.457 e. The molecule has 0 saturated heterocycles. The lowest BCUT2D eigenvalue weighted by molar-refractivity contribution is -0.161. The van der Waals surface area contributed by atoms with Gasteiger partial charge in [0.15, 0.2) is 18.0 Å². The van der Waals surface area contributed by atoms with Crippen molar-refractivity contribution in [3.05, 3.63) is 24.3 Å². The number of aliphatic hydroxyl groups is 2. The second-order valence-electron chi connectivity index (χ2n) is 12.1. The third kappa shape index (κ3) is 27.4. The van der Waals surface area contributed by atoms with E-state index in [9.17, 15) is 19.8 Å². The fourth-order valence-corrected chi connectivity index (χ4v) is 5.18. The molecule has 2 atom stereocenters. The molecule has 0 fully saturated rings. The van der Waals surface area contributed by atoms with Gasteiger partial charge in [-0.05, 0) is 44.9 Å². The van der Waals surface area contributed by atoms with Crippen LogP contribution in [0.25, 0.3) is 0 Å². The van der Waals surface area contributed by atoms with Crippen molar-refractivity contribution in [2.24, 2.45) is 0 Å². The van der Waals surface area contributed by atoms with Crippen molar-refractivity contribution in [1.82, 2.24) is 0 Å². The molecule has 0 aromatic heterocycles. The molecule has 0 bridgehead atoms. The van der Waals surface area contributed by atoms with Crippen LogP contribution >= 0.6 is 0 Å². The Morgan fingerprint density at radius 1 is 0.571 bits per heavy atom. The van der Waals surface area contributed by atoms with Crippen LogP contribution < -0.4 is 0 Å². The lowest BCUT2D eigenvalue weighted by Crippen LogP contribution is -2.40. The van der Waals surface area contributed by atoms with Gasteiger partial charge in [-0.25, -0.2) is 0 Å². The van der Waals surface area contributed by atoms with Crippen LogP contribution in [0.15, 0.2) is 24.3 Å². The summed E-state index contributed by atoms with van der Waals surface area (Å²) in [6.45, 7) is 3.94. The van der Waals surface area contributed by atoms with Gasteiger partial charge >= 0.3 is 5.97 Å². The first-order chi connectivity index (χ1) is 20.6. The largest absolute Gasteiger partial charge is 0.457 e. The summed E-state index contributed by atoms with van der Waals surface area (Å²) in [6.07, 6.45) is 35.1. The van der Waals surface area contributed by atoms with Gasteiger partial charge in [-0.15, -0.1) is 0 Å². The number of Topliss-reactive ketones (excluding diaryl/α,β-unsaturated/α-hetero) is 1. The highest BCUT2D eigenvalue weighted by Crippen LogP contribution is 2.15. The summed E-state index contributed by atoms with van der Waals surface area (Å²) in [5.74, 6) is -0.797. The highest BCUT2D eigenvalue weighted by Gasteiger charge is 2.28. The van der Waals surface area contributed by atoms with E-state index in [4.69, 9.17) is 4.74 Å². The van der Waals surface area contributed by atoms with E-state index >= 15 is 0 Å². The average molecular weight is 593 g/mol. The molecule has 5 heteroatoms. The van der Waals surface area contributed by atoms with Gasteiger partial charge in [0.05, 0.1) is 6.61 Å². The van der Waals surface area contributed by atoms with Crippen molar-refractivity contribution in [3.63, 3.8) is 0 Å². The number of hydrogen-bond acceptors (Lipinski definition) is 5. The molecule has 0 rings (SSSR count). The van der Waals surface area contributed by atoms with Crippen LogP contribution in [0, 0.1) is 0 Å². The number of esters is 1. The number of allylic oxidation sites excluding steroid dienone is 4. The van der Waals surface area contributed by atoms with Gasteiger partial charge in [0.2, 0.25) is 0 Å². The average Bonchev–Trinajstić information content (AvgIpc) is 2.99. The number of carbonyl (C=O) groups is 2. The number of aliphatic hydroxyl groups excluding tert-OH is 2. The van der Waals surface area contributed by atoms with Crippen LogP contribution in [0.5, 0.6) is 0 Å². The predicted molar refractivity (Wildman–Crippen MR) is 178 cm³/mol. The maximum Gasteiger partial charge on any atom is 0.306 e. The van der Waals surface area contributed by atoms with E-state index in [1.165, 1.54) is 89.9 Å².